The molecule has 84 valence electrons. The Balaban J connectivity index is 2.31. The maximum atomic E-state index is 11.1. The highest BCUT2D eigenvalue weighted by molar-refractivity contribution is 5.77. The fourth-order valence-corrected chi connectivity index (χ4v) is 1.39. The van der Waals surface area contributed by atoms with E-state index in [4.69, 9.17) is 0 Å². The lowest BCUT2D eigenvalue weighted by molar-refractivity contribution is -0.120. The molecule has 5 nitrogen and oxygen atoms in total. The van der Waals surface area contributed by atoms with Crippen LogP contribution in [-0.2, 0) is 18.4 Å². The first-order valence-electron chi connectivity index (χ1n) is 5.10. The van der Waals surface area contributed by atoms with E-state index in [9.17, 15) is 4.79 Å². The molecule has 0 aliphatic carbocycles. The van der Waals surface area contributed by atoms with Crippen molar-refractivity contribution in [1.29, 1.82) is 0 Å². The molecule has 1 aromatic heterocycles. The molecule has 0 aromatic carbocycles. The zero-order chi connectivity index (χ0) is 11.3. The molecule has 1 rings (SSSR count). The normalized spacial score (nSPS) is 10.3. The average Bonchev–Trinajstić information content (AvgIpc) is 2.46. The van der Waals surface area contributed by atoms with Crippen molar-refractivity contribution in [2.45, 2.75) is 20.4 Å². The summed E-state index contributed by atoms with van der Waals surface area (Å²) in [5.74, 6) is 0.0269. The second-order valence-electron chi connectivity index (χ2n) is 3.47. The lowest BCUT2D eigenvalue weighted by Gasteiger charge is -2.03. The largest absolute Gasteiger partial charge is 0.355 e. The van der Waals surface area contributed by atoms with Crippen molar-refractivity contribution in [3.05, 3.63) is 17.5 Å². The van der Waals surface area contributed by atoms with Crippen LogP contribution in [0.5, 0.6) is 0 Å². The summed E-state index contributed by atoms with van der Waals surface area (Å²) < 4.78 is 1.78. The van der Waals surface area contributed by atoms with Gasteiger partial charge in [-0.3, -0.25) is 9.48 Å². The molecule has 0 atom stereocenters. The fraction of sp³-hybridized carbons (Fsp3) is 0.600. The van der Waals surface area contributed by atoms with Crippen LogP contribution in [0.25, 0.3) is 0 Å². The fourth-order valence-electron chi connectivity index (χ4n) is 1.39. The molecule has 0 bridgehead atoms. The van der Waals surface area contributed by atoms with Gasteiger partial charge in [0.15, 0.2) is 0 Å². The van der Waals surface area contributed by atoms with Crippen molar-refractivity contribution < 1.29 is 4.79 Å². The topological polar surface area (TPSA) is 59.0 Å². The van der Waals surface area contributed by atoms with Crippen LogP contribution in [0.1, 0.15) is 18.2 Å². The molecule has 2 N–H and O–H groups in total. The number of amides is 1. The number of carbonyl (C=O) groups is 1. The number of likely N-dealkylation sites (N-methyl/N-ethyl adjacent to an activating group) is 1. The van der Waals surface area contributed by atoms with Gasteiger partial charge in [-0.25, -0.2) is 0 Å². The lowest BCUT2D eigenvalue weighted by atomic mass is 10.2. The zero-order valence-electron chi connectivity index (χ0n) is 9.50. The number of carbonyl (C=O) groups excluding carboxylic acids is 1. The average molecular weight is 210 g/mol. The summed E-state index contributed by atoms with van der Waals surface area (Å²) in [5.41, 5.74) is 2.13. The quantitative estimate of drug-likeness (QED) is 0.716. The molecule has 5 heteroatoms. The van der Waals surface area contributed by atoms with Gasteiger partial charge in [-0.1, -0.05) is 0 Å². The Kier molecular flexibility index (Phi) is 4.30. The molecular weight excluding hydrogens is 192 g/mol. The summed E-state index contributed by atoms with van der Waals surface area (Å²) in [7, 11) is 1.89. The molecule has 0 unspecified atom stereocenters. The van der Waals surface area contributed by atoms with Crippen LogP contribution in [-0.4, -0.2) is 28.8 Å². The number of nitrogens with one attached hydrogen (secondary N) is 2. The van der Waals surface area contributed by atoms with Gasteiger partial charge < -0.3 is 10.6 Å². The first kappa shape index (κ1) is 11.7. The first-order chi connectivity index (χ1) is 7.13. The number of rotatable bonds is 5. The van der Waals surface area contributed by atoms with Crippen LogP contribution < -0.4 is 10.6 Å². The van der Waals surface area contributed by atoms with Crippen LogP contribution >= 0.6 is 0 Å². The summed E-state index contributed by atoms with van der Waals surface area (Å²) >= 11 is 0. The second kappa shape index (κ2) is 5.50. The summed E-state index contributed by atoms with van der Waals surface area (Å²) in [6, 6.07) is 0. The number of aromatic nitrogens is 2. The van der Waals surface area contributed by atoms with Gasteiger partial charge in [0.25, 0.3) is 0 Å². The minimum Gasteiger partial charge on any atom is -0.355 e. The van der Waals surface area contributed by atoms with Crippen molar-refractivity contribution in [2.24, 2.45) is 7.05 Å². The Hall–Kier alpha value is -1.36. The summed E-state index contributed by atoms with van der Waals surface area (Å²) in [4.78, 5) is 11.1. The van der Waals surface area contributed by atoms with Crippen LogP contribution in [0.4, 0.5) is 0 Å². The van der Waals surface area contributed by atoms with E-state index in [0.717, 1.165) is 11.3 Å². The summed E-state index contributed by atoms with van der Waals surface area (Å²) in [5, 5.41) is 10.0. The highest BCUT2D eigenvalue weighted by Crippen LogP contribution is 2.03. The summed E-state index contributed by atoms with van der Waals surface area (Å²) in [6.07, 6.45) is 1.96. The molecular formula is C10H18N4O. The smallest absolute Gasteiger partial charge is 0.233 e. The maximum Gasteiger partial charge on any atom is 0.233 e. The first-order valence-corrected chi connectivity index (χ1v) is 5.10. The van der Waals surface area contributed by atoms with Gasteiger partial charge >= 0.3 is 0 Å². The third-order valence-corrected chi connectivity index (χ3v) is 2.09. The van der Waals surface area contributed by atoms with E-state index in [1.54, 1.807) is 4.68 Å². The number of nitrogens with zero attached hydrogens (tertiary/aromatic N) is 2. The predicted molar refractivity (Wildman–Crippen MR) is 58.3 cm³/mol. The third kappa shape index (κ3) is 3.71. The summed E-state index contributed by atoms with van der Waals surface area (Å²) in [6.45, 7) is 5.57. The van der Waals surface area contributed by atoms with Crippen molar-refractivity contribution in [2.75, 3.05) is 13.1 Å². The third-order valence-electron chi connectivity index (χ3n) is 2.09. The van der Waals surface area contributed by atoms with Crippen LogP contribution in [0.15, 0.2) is 6.20 Å². The van der Waals surface area contributed by atoms with Gasteiger partial charge in [-0.2, -0.15) is 5.10 Å². The Bertz CT molecular complexity index is 332. The van der Waals surface area contributed by atoms with E-state index < -0.39 is 0 Å². The van der Waals surface area contributed by atoms with Crippen molar-refractivity contribution in [1.82, 2.24) is 20.4 Å². The van der Waals surface area contributed by atoms with Crippen LogP contribution in [0, 0.1) is 6.92 Å². The van der Waals surface area contributed by atoms with Crippen LogP contribution in [0.3, 0.4) is 0 Å². The Morgan fingerprint density at radius 3 is 2.87 bits per heavy atom. The van der Waals surface area contributed by atoms with Gasteiger partial charge in [-0.05, 0) is 13.8 Å². The maximum absolute atomic E-state index is 11.1. The van der Waals surface area contributed by atoms with E-state index in [1.807, 2.05) is 27.1 Å². The number of hydrogen-bond donors (Lipinski definition) is 2. The molecule has 1 amide bonds. The molecule has 0 radical (unpaired) electrons. The predicted octanol–water partition coefficient (Wildman–Crippen LogP) is -0.0458. The Morgan fingerprint density at radius 1 is 1.60 bits per heavy atom. The highest BCUT2D eigenvalue weighted by Gasteiger charge is 2.03. The van der Waals surface area contributed by atoms with E-state index >= 15 is 0 Å². The lowest BCUT2D eigenvalue weighted by Crippen LogP contribution is -2.33. The van der Waals surface area contributed by atoms with Gasteiger partial charge in [0.2, 0.25) is 5.91 Å². The van der Waals surface area contributed by atoms with Crippen molar-refractivity contribution in [3.63, 3.8) is 0 Å². The minimum atomic E-state index is 0.0269. The van der Waals surface area contributed by atoms with Gasteiger partial charge in [0.1, 0.15) is 0 Å². The molecule has 0 saturated carbocycles. The van der Waals surface area contributed by atoms with Crippen molar-refractivity contribution >= 4 is 5.91 Å². The molecule has 0 saturated heterocycles. The standard InChI is InChI=1S/C10H18N4O/c1-4-12-10(15)6-11-5-9-7-14(3)13-8(9)2/h7,11H,4-6H2,1-3H3,(H,12,15). The molecule has 0 fully saturated rings. The van der Waals surface area contributed by atoms with E-state index in [0.29, 0.717) is 19.6 Å². The minimum absolute atomic E-state index is 0.0269. The molecule has 15 heavy (non-hydrogen) atoms. The highest BCUT2D eigenvalue weighted by atomic mass is 16.1. The monoisotopic (exact) mass is 210 g/mol. The molecule has 0 aliphatic heterocycles. The van der Waals surface area contributed by atoms with E-state index in [-0.39, 0.29) is 5.91 Å². The van der Waals surface area contributed by atoms with Gasteiger partial charge in [0.05, 0.1) is 12.2 Å². The molecule has 0 spiro atoms. The number of hydrogen-bond acceptors (Lipinski definition) is 3. The van der Waals surface area contributed by atoms with Crippen LogP contribution in [0.2, 0.25) is 0 Å². The zero-order valence-corrected chi connectivity index (χ0v) is 9.50. The SMILES string of the molecule is CCNC(=O)CNCc1cn(C)nc1C. The van der Waals surface area contributed by atoms with E-state index in [1.165, 1.54) is 0 Å². The molecule has 1 heterocycles. The van der Waals surface area contributed by atoms with Gasteiger partial charge in [-0.15, -0.1) is 0 Å². The Morgan fingerprint density at radius 2 is 2.33 bits per heavy atom. The van der Waals surface area contributed by atoms with Gasteiger partial charge in [0, 0.05) is 31.9 Å². The number of aryl methyl sites for hydroxylation is 2. The molecule has 1 aromatic rings. The molecule has 0 aliphatic rings. The second-order valence-corrected chi connectivity index (χ2v) is 3.47. The van der Waals surface area contributed by atoms with Crippen molar-refractivity contribution in [3.8, 4) is 0 Å². The van der Waals surface area contributed by atoms with E-state index in [2.05, 4.69) is 15.7 Å². The Labute approximate surface area is 89.9 Å².